The lowest BCUT2D eigenvalue weighted by Crippen LogP contribution is -2.47. The molecule has 9 nitrogen and oxygen atoms in total. The number of carbonyl (C=O) groups is 2. The van der Waals surface area contributed by atoms with Crippen molar-refractivity contribution in [3.05, 3.63) is 122 Å². The van der Waals surface area contributed by atoms with Crippen molar-refractivity contribution in [2.24, 2.45) is 0 Å². The van der Waals surface area contributed by atoms with Crippen LogP contribution in [0, 0.1) is 0 Å². The second kappa shape index (κ2) is 53.8. The van der Waals surface area contributed by atoms with E-state index in [4.69, 9.17) is 13.8 Å². The van der Waals surface area contributed by atoms with E-state index < -0.39 is 26.6 Å². The third-order valence-corrected chi connectivity index (χ3v) is 13.4. The number of phosphoric ester groups is 1. The van der Waals surface area contributed by atoms with Gasteiger partial charge in [0.15, 0.2) is 0 Å². The minimum atomic E-state index is -4.73. The molecule has 0 spiro atoms. The van der Waals surface area contributed by atoms with Crippen LogP contribution < -0.4 is 10.2 Å². The number of likely N-dealkylation sites (N-methyl/N-ethyl adjacent to an activating group) is 1. The van der Waals surface area contributed by atoms with Crippen LogP contribution in [0.5, 0.6) is 0 Å². The Balaban J connectivity index is 5.42. The fraction of sp³-hybridized carbons (Fsp3) is 0.662. The van der Waals surface area contributed by atoms with E-state index in [1.807, 2.05) is 39.4 Å². The summed E-state index contributed by atoms with van der Waals surface area (Å²) in [5, 5.41) is 2.97. The number of ether oxygens (including phenoxy) is 1. The zero-order chi connectivity index (χ0) is 55.0. The highest BCUT2D eigenvalue weighted by atomic mass is 31.2. The van der Waals surface area contributed by atoms with Crippen LogP contribution in [0.1, 0.15) is 226 Å². The number of esters is 1. The van der Waals surface area contributed by atoms with Crippen molar-refractivity contribution in [3.8, 4) is 0 Å². The summed E-state index contributed by atoms with van der Waals surface area (Å²) in [6.45, 7) is 6.60. The van der Waals surface area contributed by atoms with Gasteiger partial charge in [-0.2, -0.15) is 0 Å². The number of nitrogens with zero attached hydrogens (tertiary/aromatic N) is 1. The van der Waals surface area contributed by atoms with Crippen molar-refractivity contribution < 1.29 is 37.3 Å². The van der Waals surface area contributed by atoms with Gasteiger partial charge in [0.25, 0.3) is 7.82 Å². The molecule has 0 aromatic heterocycles. The van der Waals surface area contributed by atoms with E-state index in [-0.39, 0.29) is 31.3 Å². The molecule has 0 rings (SSSR count). The van der Waals surface area contributed by atoms with Gasteiger partial charge in [-0.05, 0) is 109 Å². The minimum absolute atomic E-state index is 0.0447. The van der Waals surface area contributed by atoms with Crippen LogP contribution in [0.2, 0.25) is 0 Å². The van der Waals surface area contributed by atoms with Crippen LogP contribution >= 0.6 is 7.82 Å². The Morgan fingerprint density at radius 2 is 0.867 bits per heavy atom. The van der Waals surface area contributed by atoms with Gasteiger partial charge in [0.05, 0.1) is 33.8 Å². The van der Waals surface area contributed by atoms with Crippen LogP contribution in [-0.2, 0) is 27.9 Å². The number of hydrogen-bond donors (Lipinski definition) is 1. The molecule has 1 amide bonds. The molecule has 0 saturated heterocycles. The van der Waals surface area contributed by atoms with Crippen molar-refractivity contribution in [1.29, 1.82) is 0 Å². The highest BCUT2D eigenvalue weighted by molar-refractivity contribution is 7.45. The Bertz CT molecular complexity index is 1700. The predicted molar refractivity (Wildman–Crippen MR) is 320 cm³/mol. The van der Waals surface area contributed by atoms with Crippen molar-refractivity contribution in [2.45, 2.75) is 238 Å². The van der Waals surface area contributed by atoms with Crippen molar-refractivity contribution in [3.63, 3.8) is 0 Å². The first-order valence-corrected chi connectivity index (χ1v) is 31.3. The quantitative estimate of drug-likeness (QED) is 0.0212. The number of carbonyl (C=O) groups excluding carboxylic acids is 2. The van der Waals surface area contributed by atoms with E-state index in [1.54, 1.807) is 6.08 Å². The second-order valence-electron chi connectivity index (χ2n) is 20.8. The fourth-order valence-corrected chi connectivity index (χ4v) is 8.51. The van der Waals surface area contributed by atoms with Gasteiger partial charge in [0.2, 0.25) is 5.91 Å². The summed E-state index contributed by atoms with van der Waals surface area (Å²) in [4.78, 5) is 39.9. The first kappa shape index (κ1) is 71.4. The summed E-state index contributed by atoms with van der Waals surface area (Å²) in [5.41, 5.74) is 0. The Labute approximate surface area is 461 Å². The lowest BCUT2D eigenvalue weighted by Gasteiger charge is -2.30. The molecule has 75 heavy (non-hydrogen) atoms. The average molecular weight is 1060 g/mol. The standard InChI is InChI=1S/C65H111N2O7P/c1-7-10-13-16-19-22-25-27-29-31-33-35-37-39-42-45-48-51-54-57-64(68)66-62(61-73-75(70,71)72-60-59-67(4,5)6)63(56-53-50-47-44-41-24-21-18-15-12-9-3)74-65(69)58-55-52-49-46-43-40-38-36-34-32-30-28-26-23-20-17-14-11-8-2/h10,13,19-20,22-23,27-30,33-36,39,42,48,51,53,56,62-63H,7-9,11-12,14-18,21,24-26,31-32,37-38,40-41,43-47,49-50,52,54-55,57-61H2,1-6H3,(H-,66,68,70,71)/b13-10-,22-19-,23-20-,29-27-,30-28-,35-33-,36-34-,42-39-,51-48-,56-53+. The number of hydrogen-bond acceptors (Lipinski definition) is 7. The maximum atomic E-state index is 13.5. The van der Waals surface area contributed by atoms with Crippen molar-refractivity contribution >= 4 is 19.7 Å². The summed E-state index contributed by atoms with van der Waals surface area (Å²) < 4.78 is 30.2. The molecule has 0 aromatic carbocycles. The molecular formula is C65H111N2O7P. The average Bonchev–Trinajstić information content (AvgIpc) is 3.37. The summed E-state index contributed by atoms with van der Waals surface area (Å²) in [7, 11) is 1.11. The fourth-order valence-electron chi connectivity index (χ4n) is 7.78. The number of rotatable bonds is 52. The minimum Gasteiger partial charge on any atom is -0.756 e. The van der Waals surface area contributed by atoms with Crippen LogP contribution in [-0.4, -0.2) is 69.4 Å². The molecule has 0 bridgehead atoms. The molecule has 0 aliphatic rings. The van der Waals surface area contributed by atoms with Gasteiger partial charge in [-0.3, -0.25) is 14.2 Å². The molecule has 0 radical (unpaired) electrons. The molecule has 0 aliphatic heterocycles. The van der Waals surface area contributed by atoms with Gasteiger partial charge in [-0.15, -0.1) is 0 Å². The van der Waals surface area contributed by atoms with E-state index >= 15 is 0 Å². The maximum absolute atomic E-state index is 13.5. The molecule has 0 heterocycles. The molecular weight excluding hydrogens is 952 g/mol. The highest BCUT2D eigenvalue weighted by Crippen LogP contribution is 2.38. The Morgan fingerprint density at radius 3 is 1.33 bits per heavy atom. The highest BCUT2D eigenvalue weighted by Gasteiger charge is 2.27. The SMILES string of the molecule is CC/C=C\C/C=C\C/C=C\C/C=C\C/C=C\C/C=C\CCC(=O)NC(COP(=O)([O-])OCC[N+](C)(C)C)C(/C=C/CCCCCCCCCCC)OC(=O)CCCCCCCC/C=C\C/C=C\C/C=C\CCCCC. The number of phosphoric acid groups is 1. The van der Waals surface area contributed by atoms with Gasteiger partial charge < -0.3 is 28.5 Å². The summed E-state index contributed by atoms with van der Waals surface area (Å²) >= 11 is 0. The van der Waals surface area contributed by atoms with Crippen LogP contribution in [0.25, 0.3) is 0 Å². The second-order valence-corrected chi connectivity index (χ2v) is 22.2. The third-order valence-electron chi connectivity index (χ3n) is 12.4. The number of quaternary nitrogens is 1. The molecule has 0 aliphatic carbocycles. The lowest BCUT2D eigenvalue weighted by atomic mass is 10.1. The van der Waals surface area contributed by atoms with E-state index in [0.717, 1.165) is 109 Å². The van der Waals surface area contributed by atoms with Gasteiger partial charge in [0.1, 0.15) is 19.3 Å². The first-order chi connectivity index (χ1) is 36.4. The van der Waals surface area contributed by atoms with E-state index in [9.17, 15) is 19.0 Å². The van der Waals surface area contributed by atoms with Gasteiger partial charge in [-0.25, -0.2) is 0 Å². The van der Waals surface area contributed by atoms with Crippen LogP contribution in [0.3, 0.4) is 0 Å². The normalized spacial score (nSPS) is 14.6. The number of unbranched alkanes of at least 4 members (excludes halogenated alkanes) is 18. The van der Waals surface area contributed by atoms with Crippen molar-refractivity contribution in [2.75, 3.05) is 40.9 Å². The molecule has 0 saturated carbocycles. The van der Waals surface area contributed by atoms with Crippen LogP contribution in [0.4, 0.5) is 0 Å². The van der Waals surface area contributed by atoms with Crippen LogP contribution in [0.15, 0.2) is 122 Å². The topological polar surface area (TPSA) is 114 Å². The summed E-state index contributed by atoms with van der Waals surface area (Å²) in [5.74, 6) is -0.663. The summed E-state index contributed by atoms with van der Waals surface area (Å²) in [6, 6.07) is -0.942. The number of amides is 1. The van der Waals surface area contributed by atoms with E-state index in [2.05, 4.69) is 123 Å². The van der Waals surface area contributed by atoms with E-state index in [0.29, 0.717) is 23.9 Å². The molecule has 3 atom stereocenters. The Hall–Kier alpha value is -3.59. The van der Waals surface area contributed by atoms with Gasteiger partial charge >= 0.3 is 5.97 Å². The molecule has 428 valence electrons. The first-order valence-electron chi connectivity index (χ1n) is 29.8. The number of allylic oxidation sites excluding steroid dienone is 19. The number of nitrogens with one attached hydrogen (secondary N) is 1. The molecule has 0 aromatic rings. The lowest BCUT2D eigenvalue weighted by molar-refractivity contribution is -0.870. The largest absolute Gasteiger partial charge is 0.756 e. The van der Waals surface area contributed by atoms with Gasteiger partial charge in [0, 0.05) is 12.8 Å². The Kier molecular flexibility index (Phi) is 51.2. The molecule has 3 unspecified atom stereocenters. The van der Waals surface area contributed by atoms with Crippen molar-refractivity contribution in [1.82, 2.24) is 5.32 Å². The third kappa shape index (κ3) is 55.0. The zero-order valence-electron chi connectivity index (χ0n) is 48.7. The van der Waals surface area contributed by atoms with Gasteiger partial charge in [-0.1, -0.05) is 226 Å². The monoisotopic (exact) mass is 1060 g/mol. The molecule has 0 fully saturated rings. The molecule has 10 heteroatoms. The smallest absolute Gasteiger partial charge is 0.306 e. The van der Waals surface area contributed by atoms with E-state index in [1.165, 1.54) is 70.6 Å². The summed E-state index contributed by atoms with van der Waals surface area (Å²) in [6.07, 6.45) is 74.7. The Morgan fingerprint density at radius 1 is 0.480 bits per heavy atom. The molecule has 1 N–H and O–H groups in total. The zero-order valence-corrected chi connectivity index (χ0v) is 49.6. The maximum Gasteiger partial charge on any atom is 0.306 e. The predicted octanol–water partition coefficient (Wildman–Crippen LogP) is 17.7.